The van der Waals surface area contributed by atoms with E-state index < -0.39 is 30.4 Å². The predicted octanol–water partition coefficient (Wildman–Crippen LogP) is 3.83. The maximum Gasteiger partial charge on any atom is 0.573 e. The van der Waals surface area contributed by atoms with Gasteiger partial charge in [-0.25, -0.2) is 0 Å². The van der Waals surface area contributed by atoms with Crippen LogP contribution in [-0.4, -0.2) is 24.7 Å². The van der Waals surface area contributed by atoms with Crippen molar-refractivity contribution in [3.8, 4) is 5.75 Å². The van der Waals surface area contributed by atoms with Gasteiger partial charge >= 0.3 is 13.5 Å². The molecule has 1 aromatic rings. The molecular weight excluding hydrogens is 314 g/mol. The average Bonchev–Trinajstić information content (AvgIpc) is 2.56. The lowest BCUT2D eigenvalue weighted by Gasteiger charge is -2.32. The molecule has 1 aliphatic rings. The van der Waals surface area contributed by atoms with Gasteiger partial charge in [0.05, 0.1) is 11.2 Å². The summed E-state index contributed by atoms with van der Waals surface area (Å²) in [6.45, 7) is 7.34. The molecule has 1 aromatic carbocycles. The second-order valence-electron chi connectivity index (χ2n) is 6.05. The van der Waals surface area contributed by atoms with Crippen molar-refractivity contribution < 1.29 is 27.2 Å². The van der Waals surface area contributed by atoms with Gasteiger partial charge in [-0.3, -0.25) is 0 Å². The lowest BCUT2D eigenvalue weighted by atomic mass is 9.78. The van der Waals surface area contributed by atoms with Crippen LogP contribution < -0.4 is 10.2 Å². The molecule has 0 saturated carbocycles. The van der Waals surface area contributed by atoms with Gasteiger partial charge in [-0.05, 0) is 50.8 Å². The summed E-state index contributed by atoms with van der Waals surface area (Å²) in [6.07, 6.45) is -4.83. The van der Waals surface area contributed by atoms with Crippen molar-refractivity contribution in [2.24, 2.45) is 5.11 Å². The first kappa shape index (κ1) is 17.5. The van der Waals surface area contributed by atoms with Crippen LogP contribution in [0.4, 0.5) is 18.9 Å². The lowest BCUT2D eigenvalue weighted by molar-refractivity contribution is -0.274. The molecular formula is C13H15BF3N3O3. The summed E-state index contributed by atoms with van der Waals surface area (Å²) in [5.74, 6) is -0.486. The minimum Gasteiger partial charge on any atom is -0.406 e. The highest BCUT2D eigenvalue weighted by Gasteiger charge is 2.52. The van der Waals surface area contributed by atoms with Gasteiger partial charge in [0.2, 0.25) is 0 Å². The zero-order valence-corrected chi connectivity index (χ0v) is 13.0. The molecule has 2 rings (SSSR count). The average molecular weight is 329 g/mol. The topological polar surface area (TPSA) is 76.5 Å². The predicted molar refractivity (Wildman–Crippen MR) is 77.6 cm³/mol. The van der Waals surface area contributed by atoms with Gasteiger partial charge in [0, 0.05) is 10.6 Å². The summed E-state index contributed by atoms with van der Waals surface area (Å²) in [5.41, 5.74) is 7.65. The summed E-state index contributed by atoms with van der Waals surface area (Å²) in [4.78, 5) is 2.63. The van der Waals surface area contributed by atoms with Gasteiger partial charge in [0.25, 0.3) is 0 Å². The zero-order chi connectivity index (χ0) is 17.5. The third-order valence-electron chi connectivity index (χ3n) is 3.90. The fourth-order valence-electron chi connectivity index (χ4n) is 2.02. The molecule has 0 aromatic heterocycles. The second kappa shape index (κ2) is 5.63. The molecule has 6 nitrogen and oxygen atoms in total. The van der Waals surface area contributed by atoms with Crippen LogP contribution in [-0.2, 0) is 9.31 Å². The van der Waals surface area contributed by atoms with Gasteiger partial charge in [0.15, 0.2) is 0 Å². The van der Waals surface area contributed by atoms with Crippen LogP contribution in [0.3, 0.4) is 0 Å². The van der Waals surface area contributed by atoms with Crippen molar-refractivity contribution in [3.05, 3.63) is 28.6 Å². The Hall–Kier alpha value is -1.90. The number of azide groups is 1. The standard InChI is InChI=1S/C13H15BF3N3O3/c1-11(2)12(3,4)23-14(22-11)9-6-5-8(21-13(15,16)17)7-10(9)19-20-18/h5-7H,1-4H3. The van der Waals surface area contributed by atoms with E-state index in [2.05, 4.69) is 14.8 Å². The number of alkyl halides is 3. The Morgan fingerprint density at radius 2 is 1.74 bits per heavy atom. The first-order valence-corrected chi connectivity index (χ1v) is 6.76. The molecule has 0 spiro atoms. The number of hydrogen-bond donors (Lipinski definition) is 0. The Morgan fingerprint density at radius 1 is 1.17 bits per heavy atom. The monoisotopic (exact) mass is 329 g/mol. The van der Waals surface area contributed by atoms with Gasteiger partial charge in [-0.15, -0.1) is 13.2 Å². The van der Waals surface area contributed by atoms with Gasteiger partial charge in [-0.1, -0.05) is 11.2 Å². The molecule has 1 aliphatic heterocycles. The molecule has 0 bridgehead atoms. The molecule has 0 radical (unpaired) electrons. The van der Waals surface area contributed by atoms with Crippen LogP contribution in [0.1, 0.15) is 27.7 Å². The van der Waals surface area contributed by atoms with E-state index in [-0.39, 0.29) is 5.69 Å². The number of hydrogen-bond acceptors (Lipinski definition) is 4. The molecule has 1 heterocycles. The molecule has 0 N–H and O–H groups in total. The van der Waals surface area contributed by atoms with Crippen LogP contribution in [0, 0.1) is 0 Å². The number of ether oxygens (including phenoxy) is 1. The maximum absolute atomic E-state index is 12.3. The summed E-state index contributed by atoms with van der Waals surface area (Å²) in [7, 11) is -0.861. The minimum atomic E-state index is -4.83. The van der Waals surface area contributed by atoms with Crippen molar-refractivity contribution >= 4 is 18.3 Å². The maximum atomic E-state index is 12.3. The zero-order valence-electron chi connectivity index (χ0n) is 13.0. The number of rotatable bonds is 3. The number of benzene rings is 1. The van der Waals surface area contributed by atoms with Crippen molar-refractivity contribution in [1.29, 1.82) is 0 Å². The first-order valence-electron chi connectivity index (χ1n) is 6.76. The molecule has 124 valence electrons. The Morgan fingerprint density at radius 3 is 2.22 bits per heavy atom. The second-order valence-corrected chi connectivity index (χ2v) is 6.05. The smallest absolute Gasteiger partial charge is 0.406 e. The number of halogens is 3. The lowest BCUT2D eigenvalue weighted by Crippen LogP contribution is -2.41. The molecule has 0 amide bonds. The third-order valence-corrected chi connectivity index (χ3v) is 3.90. The molecule has 0 atom stereocenters. The largest absolute Gasteiger partial charge is 0.573 e. The molecule has 0 aliphatic carbocycles. The fourth-order valence-corrected chi connectivity index (χ4v) is 2.02. The van der Waals surface area contributed by atoms with Crippen LogP contribution in [0.25, 0.3) is 10.4 Å². The summed E-state index contributed by atoms with van der Waals surface area (Å²) in [6, 6.07) is 3.44. The summed E-state index contributed by atoms with van der Waals surface area (Å²) in [5, 5.41) is 3.41. The molecule has 10 heteroatoms. The van der Waals surface area contributed by atoms with Crippen LogP contribution in [0.2, 0.25) is 0 Å². The van der Waals surface area contributed by atoms with Crippen LogP contribution >= 0.6 is 0 Å². The van der Waals surface area contributed by atoms with E-state index >= 15 is 0 Å². The molecule has 1 fully saturated rings. The highest BCUT2D eigenvalue weighted by atomic mass is 19.4. The van der Waals surface area contributed by atoms with Gasteiger partial charge in [-0.2, -0.15) is 0 Å². The van der Waals surface area contributed by atoms with Crippen molar-refractivity contribution in [1.82, 2.24) is 0 Å². The van der Waals surface area contributed by atoms with E-state index in [4.69, 9.17) is 14.8 Å². The quantitative estimate of drug-likeness (QED) is 0.366. The van der Waals surface area contributed by atoms with E-state index in [1.807, 2.05) is 27.7 Å². The fraction of sp³-hybridized carbons (Fsp3) is 0.538. The van der Waals surface area contributed by atoms with E-state index in [0.717, 1.165) is 12.1 Å². The molecule has 1 saturated heterocycles. The van der Waals surface area contributed by atoms with E-state index in [0.29, 0.717) is 5.46 Å². The van der Waals surface area contributed by atoms with Crippen molar-refractivity contribution in [2.75, 3.05) is 0 Å². The van der Waals surface area contributed by atoms with Crippen LogP contribution in [0.5, 0.6) is 5.75 Å². The Kier molecular flexibility index (Phi) is 4.27. The summed E-state index contributed by atoms with van der Waals surface area (Å²) >= 11 is 0. The Bertz CT molecular complexity index is 642. The van der Waals surface area contributed by atoms with Crippen molar-refractivity contribution in [3.63, 3.8) is 0 Å². The number of nitrogens with zero attached hydrogens (tertiary/aromatic N) is 3. The van der Waals surface area contributed by atoms with E-state index in [1.54, 1.807) is 0 Å². The summed E-state index contributed by atoms with van der Waals surface area (Å²) < 4.78 is 52.3. The Labute approximate surface area is 131 Å². The molecule has 23 heavy (non-hydrogen) atoms. The normalized spacial score (nSPS) is 19.3. The third kappa shape index (κ3) is 3.72. The van der Waals surface area contributed by atoms with Crippen molar-refractivity contribution in [2.45, 2.75) is 45.3 Å². The van der Waals surface area contributed by atoms with E-state index in [1.165, 1.54) is 6.07 Å². The minimum absolute atomic E-state index is 0.0484. The van der Waals surface area contributed by atoms with Gasteiger partial charge in [0.1, 0.15) is 5.75 Å². The van der Waals surface area contributed by atoms with Gasteiger partial charge < -0.3 is 14.0 Å². The molecule has 0 unspecified atom stereocenters. The highest BCUT2D eigenvalue weighted by Crippen LogP contribution is 2.37. The van der Waals surface area contributed by atoms with E-state index in [9.17, 15) is 13.2 Å². The highest BCUT2D eigenvalue weighted by molar-refractivity contribution is 6.63. The van der Waals surface area contributed by atoms with Crippen LogP contribution in [0.15, 0.2) is 23.3 Å². The SMILES string of the molecule is CC1(C)OB(c2ccc(OC(F)(F)F)cc2N=[N+]=[N-])OC1(C)C. The first-order chi connectivity index (χ1) is 10.5. The Balaban J connectivity index is 2.38.